The monoisotopic (exact) mass is 506 g/mol. The number of hydrogen-bond donors (Lipinski definition) is 1. The van der Waals surface area contributed by atoms with Gasteiger partial charge in [0, 0.05) is 5.69 Å². The van der Waals surface area contributed by atoms with Crippen molar-refractivity contribution >= 4 is 41.0 Å². The quantitative estimate of drug-likeness (QED) is 0.309. The van der Waals surface area contributed by atoms with Crippen molar-refractivity contribution in [3.05, 3.63) is 59.7 Å². The maximum atomic E-state index is 12.8. The Morgan fingerprint density at radius 1 is 0.892 bits per heavy atom. The predicted molar refractivity (Wildman–Crippen MR) is 135 cm³/mol. The first-order chi connectivity index (χ1) is 17.9. The van der Waals surface area contributed by atoms with Crippen molar-refractivity contribution in [1.29, 1.82) is 0 Å². The zero-order chi connectivity index (χ0) is 26.4. The van der Waals surface area contributed by atoms with Gasteiger partial charge in [-0.3, -0.25) is 19.3 Å². The third kappa shape index (κ3) is 6.04. The second-order valence-corrected chi connectivity index (χ2v) is 9.25. The number of amides is 3. The lowest BCUT2D eigenvalue weighted by Gasteiger charge is -2.19. The van der Waals surface area contributed by atoms with Crippen LogP contribution < -0.4 is 10.2 Å². The lowest BCUT2D eigenvalue weighted by atomic mass is 9.81. The largest absolute Gasteiger partial charge is 0.462 e. The molecule has 0 aromatic heterocycles. The molecule has 3 amide bonds. The normalized spacial score (nSPS) is 18.8. The summed E-state index contributed by atoms with van der Waals surface area (Å²) < 4.78 is 10.3. The van der Waals surface area contributed by atoms with Gasteiger partial charge in [0.25, 0.3) is 5.91 Å². The van der Waals surface area contributed by atoms with Gasteiger partial charge in [0.2, 0.25) is 11.8 Å². The molecule has 0 spiro atoms. The first-order valence-corrected chi connectivity index (χ1v) is 12.6. The number of imide groups is 1. The minimum absolute atomic E-state index is 0.131. The lowest BCUT2D eigenvalue weighted by molar-refractivity contribution is -0.122. The van der Waals surface area contributed by atoms with E-state index < -0.39 is 24.5 Å². The highest BCUT2D eigenvalue weighted by Crippen LogP contribution is 2.40. The van der Waals surface area contributed by atoms with E-state index in [2.05, 4.69) is 5.32 Å². The van der Waals surface area contributed by atoms with Gasteiger partial charge in [-0.05, 0) is 61.7 Å². The van der Waals surface area contributed by atoms with Gasteiger partial charge >= 0.3 is 11.9 Å². The molecule has 2 atom stereocenters. The van der Waals surface area contributed by atoms with Gasteiger partial charge in [-0.1, -0.05) is 32.3 Å². The average molecular weight is 507 g/mol. The van der Waals surface area contributed by atoms with Gasteiger partial charge in [0.1, 0.15) is 0 Å². The van der Waals surface area contributed by atoms with Crippen LogP contribution in [-0.2, 0) is 23.9 Å². The molecule has 1 heterocycles. The molecule has 0 bridgehead atoms. The van der Waals surface area contributed by atoms with Crippen LogP contribution in [0.15, 0.2) is 48.5 Å². The fraction of sp³-hybridized carbons (Fsp3) is 0.393. The molecule has 1 saturated carbocycles. The summed E-state index contributed by atoms with van der Waals surface area (Å²) in [6, 6.07) is 12.3. The Hall–Kier alpha value is -4.01. The number of fused-ring (bicyclic) bond motifs is 1. The minimum atomic E-state index is -0.751. The first kappa shape index (κ1) is 26.1. The van der Waals surface area contributed by atoms with Gasteiger partial charge in [0.05, 0.1) is 35.3 Å². The number of unbranched alkanes of at least 4 members (excludes halogenated alkanes) is 1. The zero-order valence-corrected chi connectivity index (χ0v) is 20.7. The highest BCUT2D eigenvalue weighted by Gasteiger charge is 2.48. The van der Waals surface area contributed by atoms with Crippen LogP contribution in [0.2, 0.25) is 0 Å². The van der Waals surface area contributed by atoms with Crippen molar-refractivity contribution in [2.45, 2.75) is 45.4 Å². The molecule has 2 aromatic carbocycles. The number of hydrogen-bond acceptors (Lipinski definition) is 7. The molecule has 4 rings (SSSR count). The van der Waals surface area contributed by atoms with Crippen LogP contribution in [0.3, 0.4) is 0 Å². The van der Waals surface area contributed by atoms with Gasteiger partial charge < -0.3 is 14.8 Å². The van der Waals surface area contributed by atoms with E-state index in [-0.39, 0.29) is 29.2 Å². The van der Waals surface area contributed by atoms with Crippen LogP contribution in [0.5, 0.6) is 0 Å². The van der Waals surface area contributed by atoms with Crippen molar-refractivity contribution in [3.63, 3.8) is 0 Å². The van der Waals surface area contributed by atoms with E-state index in [4.69, 9.17) is 9.47 Å². The number of nitrogens with zero attached hydrogens (tertiary/aromatic N) is 1. The van der Waals surface area contributed by atoms with E-state index >= 15 is 0 Å². The number of benzene rings is 2. The Bertz CT molecular complexity index is 1170. The second-order valence-electron chi connectivity index (χ2n) is 9.25. The number of nitrogens with one attached hydrogen (secondary N) is 1. The SMILES string of the molecule is CCCCOC(=O)c1ccc(NC(=O)COC(=O)c2cccc(N3C(=O)[C@@H]4CCCC[C@H]4C3=O)c2)cc1. The number of ether oxygens (including phenoxy) is 2. The smallest absolute Gasteiger partial charge is 0.338 e. The van der Waals surface area contributed by atoms with E-state index in [0.717, 1.165) is 25.7 Å². The summed E-state index contributed by atoms with van der Waals surface area (Å²) in [6.07, 6.45) is 4.98. The van der Waals surface area contributed by atoms with E-state index in [1.807, 2.05) is 6.92 Å². The van der Waals surface area contributed by atoms with Gasteiger partial charge in [-0.2, -0.15) is 0 Å². The molecule has 1 N–H and O–H groups in total. The summed E-state index contributed by atoms with van der Waals surface area (Å²) in [6.45, 7) is 1.83. The maximum absolute atomic E-state index is 12.8. The molecule has 2 aromatic rings. The standard InChI is InChI=1S/C28H30N2O7/c1-2-3-15-36-27(34)18-11-13-20(14-12-18)29-24(31)17-37-28(35)19-7-6-8-21(16-19)30-25(32)22-9-4-5-10-23(22)26(30)33/h6-8,11-14,16,22-23H,2-5,9-10,15,17H2,1H3,(H,29,31)/t22-,23-/m1/s1. The molecule has 2 aliphatic rings. The van der Waals surface area contributed by atoms with Crippen molar-refractivity contribution in [3.8, 4) is 0 Å². The fourth-order valence-corrected chi connectivity index (χ4v) is 4.68. The molecule has 37 heavy (non-hydrogen) atoms. The zero-order valence-electron chi connectivity index (χ0n) is 20.7. The Labute approximate surface area is 215 Å². The van der Waals surface area contributed by atoms with E-state index in [9.17, 15) is 24.0 Å². The predicted octanol–water partition coefficient (Wildman–Crippen LogP) is 4.12. The van der Waals surface area contributed by atoms with Crippen molar-refractivity contribution in [1.82, 2.24) is 0 Å². The summed E-state index contributed by atoms with van der Waals surface area (Å²) in [5.74, 6) is -2.77. The second kappa shape index (κ2) is 11.8. The summed E-state index contributed by atoms with van der Waals surface area (Å²) in [7, 11) is 0. The number of anilines is 2. The highest BCUT2D eigenvalue weighted by molar-refractivity contribution is 6.22. The first-order valence-electron chi connectivity index (χ1n) is 12.6. The van der Waals surface area contributed by atoms with E-state index in [0.29, 0.717) is 36.4 Å². The molecule has 2 fully saturated rings. The van der Waals surface area contributed by atoms with Crippen LogP contribution >= 0.6 is 0 Å². The van der Waals surface area contributed by atoms with Crippen molar-refractivity contribution in [2.75, 3.05) is 23.4 Å². The van der Waals surface area contributed by atoms with Gasteiger partial charge in [-0.15, -0.1) is 0 Å². The molecule has 1 aliphatic heterocycles. The number of carbonyl (C=O) groups excluding carboxylic acids is 5. The average Bonchev–Trinajstić information content (AvgIpc) is 3.17. The van der Waals surface area contributed by atoms with E-state index in [1.165, 1.54) is 17.0 Å². The maximum Gasteiger partial charge on any atom is 0.338 e. The summed E-state index contributed by atoms with van der Waals surface area (Å²) in [5, 5.41) is 2.60. The van der Waals surface area contributed by atoms with Crippen LogP contribution in [0, 0.1) is 11.8 Å². The van der Waals surface area contributed by atoms with Gasteiger partial charge in [-0.25, -0.2) is 9.59 Å². The summed E-state index contributed by atoms with van der Waals surface area (Å²) in [4.78, 5) is 63.7. The molecule has 0 radical (unpaired) electrons. The summed E-state index contributed by atoms with van der Waals surface area (Å²) >= 11 is 0. The van der Waals surface area contributed by atoms with E-state index in [1.54, 1.807) is 36.4 Å². The van der Waals surface area contributed by atoms with Gasteiger partial charge in [0.15, 0.2) is 6.61 Å². The Morgan fingerprint density at radius 3 is 2.19 bits per heavy atom. The number of rotatable bonds is 9. The molecule has 1 aliphatic carbocycles. The Kier molecular flexibility index (Phi) is 8.32. The molecular formula is C28H30N2O7. The third-order valence-corrected chi connectivity index (χ3v) is 6.65. The van der Waals surface area contributed by atoms with Crippen LogP contribution in [0.25, 0.3) is 0 Å². The Balaban J connectivity index is 1.31. The molecule has 9 heteroatoms. The summed E-state index contributed by atoms with van der Waals surface area (Å²) in [5.41, 5.74) is 1.26. The molecule has 0 unspecified atom stereocenters. The van der Waals surface area contributed by atoms with Crippen LogP contribution in [-0.4, -0.2) is 42.9 Å². The van der Waals surface area contributed by atoms with Crippen LogP contribution in [0.4, 0.5) is 11.4 Å². The topological polar surface area (TPSA) is 119 Å². The molecule has 9 nitrogen and oxygen atoms in total. The number of carbonyl (C=O) groups is 5. The van der Waals surface area contributed by atoms with Crippen molar-refractivity contribution < 1.29 is 33.4 Å². The molecule has 194 valence electrons. The number of esters is 2. The Morgan fingerprint density at radius 2 is 1.54 bits per heavy atom. The lowest BCUT2D eigenvalue weighted by Crippen LogP contribution is -2.31. The minimum Gasteiger partial charge on any atom is -0.462 e. The van der Waals surface area contributed by atoms with Crippen molar-refractivity contribution in [2.24, 2.45) is 11.8 Å². The highest BCUT2D eigenvalue weighted by atomic mass is 16.5. The molecule has 1 saturated heterocycles. The fourth-order valence-electron chi connectivity index (χ4n) is 4.68. The third-order valence-electron chi connectivity index (χ3n) is 6.65. The van der Waals surface area contributed by atoms with Crippen LogP contribution in [0.1, 0.15) is 66.2 Å². The molecular weight excluding hydrogens is 476 g/mol.